The molecule has 5 aromatic rings. The Kier molecular flexibility index (Phi) is 6.69. The maximum absolute atomic E-state index is 14.2. The Hall–Kier alpha value is -5.43. The van der Waals surface area contributed by atoms with Gasteiger partial charge in [0, 0.05) is 52.0 Å². The zero-order chi connectivity index (χ0) is 28.5. The third-order valence-corrected chi connectivity index (χ3v) is 7.20. The Labute approximate surface area is 235 Å². The van der Waals surface area contributed by atoms with E-state index in [1.807, 2.05) is 18.2 Å². The van der Waals surface area contributed by atoms with Crippen molar-refractivity contribution in [2.75, 3.05) is 18.0 Å². The lowest BCUT2D eigenvalue weighted by Crippen LogP contribution is -2.46. The molecule has 0 radical (unpaired) electrons. The van der Waals surface area contributed by atoms with Crippen molar-refractivity contribution in [1.29, 1.82) is 0 Å². The summed E-state index contributed by atoms with van der Waals surface area (Å²) in [5.74, 6) is -2.07. The number of rotatable bonds is 7. The molecule has 7 heteroatoms. The van der Waals surface area contributed by atoms with Gasteiger partial charge in [0.25, 0.3) is 17.7 Å². The Morgan fingerprint density at radius 2 is 1.24 bits per heavy atom. The number of nitrogens with zero attached hydrogens (tertiary/aromatic N) is 2. The van der Waals surface area contributed by atoms with E-state index in [0.717, 1.165) is 10.3 Å². The summed E-state index contributed by atoms with van der Waals surface area (Å²) in [7, 11) is 0. The van der Waals surface area contributed by atoms with Gasteiger partial charge in [0.2, 0.25) is 0 Å². The van der Waals surface area contributed by atoms with E-state index in [4.69, 9.17) is 0 Å². The highest BCUT2D eigenvalue weighted by atomic mass is 19.1. The summed E-state index contributed by atoms with van der Waals surface area (Å²) < 4.78 is 14.2. The van der Waals surface area contributed by atoms with E-state index in [0.29, 0.717) is 27.6 Å². The number of anilines is 1. The van der Waals surface area contributed by atoms with Crippen LogP contribution in [0.2, 0.25) is 0 Å². The van der Waals surface area contributed by atoms with Gasteiger partial charge >= 0.3 is 0 Å². The van der Waals surface area contributed by atoms with Crippen LogP contribution in [0, 0.1) is 5.82 Å². The molecule has 0 fully saturated rings. The monoisotopic (exact) mass is 542 g/mol. The minimum atomic E-state index is -0.533. The molecule has 6 rings (SSSR count). The van der Waals surface area contributed by atoms with E-state index in [1.165, 1.54) is 23.1 Å². The molecule has 200 valence electrons. The second-order valence-electron chi connectivity index (χ2n) is 9.68. The number of ketones is 1. The molecule has 41 heavy (non-hydrogen) atoms. The molecule has 6 nitrogen and oxygen atoms in total. The lowest BCUT2D eigenvalue weighted by Gasteiger charge is -2.30. The smallest absolute Gasteiger partial charge is 0.261 e. The van der Waals surface area contributed by atoms with E-state index in [2.05, 4.69) is 0 Å². The fraction of sp³-hybridized carbons (Fsp3) is 0.0588. The number of carbonyl (C=O) groups is 4. The van der Waals surface area contributed by atoms with Gasteiger partial charge in [0.05, 0.1) is 0 Å². The van der Waals surface area contributed by atoms with Crippen molar-refractivity contribution < 1.29 is 23.6 Å². The van der Waals surface area contributed by atoms with Crippen molar-refractivity contribution in [2.24, 2.45) is 0 Å². The van der Waals surface area contributed by atoms with E-state index in [1.54, 1.807) is 78.9 Å². The SMILES string of the molecule is O=C(c1ccccc1)c1ccc(C(=O)N(CCN2C(=O)c3cccc4cccc(c34)C2=O)c2cccc(F)c2)cc1. The molecular formula is C34H23FN2O4. The zero-order valence-corrected chi connectivity index (χ0v) is 21.8. The van der Waals surface area contributed by atoms with Gasteiger partial charge in [-0.1, -0.05) is 72.8 Å². The summed E-state index contributed by atoms with van der Waals surface area (Å²) in [6.07, 6.45) is 0. The minimum Gasteiger partial charge on any atom is -0.306 e. The first kappa shape index (κ1) is 25.8. The lowest BCUT2D eigenvalue weighted by molar-refractivity contribution is 0.0611. The second kappa shape index (κ2) is 10.6. The number of halogens is 1. The number of amides is 3. The van der Waals surface area contributed by atoms with Crippen LogP contribution in [0.25, 0.3) is 10.8 Å². The summed E-state index contributed by atoms with van der Waals surface area (Å²) in [5.41, 5.74) is 2.33. The first-order valence-electron chi connectivity index (χ1n) is 13.1. The van der Waals surface area contributed by atoms with Crippen LogP contribution in [0.1, 0.15) is 47.0 Å². The third kappa shape index (κ3) is 4.78. The Bertz CT molecular complexity index is 1780. The fourth-order valence-electron chi connectivity index (χ4n) is 5.15. The Balaban J connectivity index is 1.28. The second-order valence-corrected chi connectivity index (χ2v) is 9.68. The predicted octanol–water partition coefficient (Wildman–Crippen LogP) is 6.15. The van der Waals surface area contributed by atoms with Crippen molar-refractivity contribution >= 4 is 40.0 Å². The summed E-state index contributed by atoms with van der Waals surface area (Å²) in [4.78, 5) is 55.8. The van der Waals surface area contributed by atoms with Crippen LogP contribution in [0.3, 0.4) is 0 Å². The van der Waals surface area contributed by atoms with Crippen LogP contribution < -0.4 is 4.90 Å². The largest absolute Gasteiger partial charge is 0.306 e. The van der Waals surface area contributed by atoms with Gasteiger partial charge < -0.3 is 4.90 Å². The molecule has 0 saturated carbocycles. The van der Waals surface area contributed by atoms with E-state index in [-0.39, 0.29) is 30.1 Å². The molecular weight excluding hydrogens is 519 g/mol. The minimum absolute atomic E-state index is 0.0669. The van der Waals surface area contributed by atoms with Crippen molar-refractivity contribution in [1.82, 2.24) is 4.90 Å². The fourth-order valence-corrected chi connectivity index (χ4v) is 5.15. The standard InChI is InChI=1S/C34H23FN2O4/c35-26-11-6-12-27(21-26)36(32(39)25-17-15-24(16-18-25)31(38)23-7-2-1-3-8-23)19-20-37-33(40)28-13-4-9-22-10-5-14-29(30(22)28)34(37)41/h1-18,21H,19-20H2. The first-order chi connectivity index (χ1) is 19.9. The maximum Gasteiger partial charge on any atom is 0.261 e. The van der Waals surface area contributed by atoms with Crippen molar-refractivity contribution in [2.45, 2.75) is 0 Å². The average molecular weight is 543 g/mol. The van der Waals surface area contributed by atoms with Crippen LogP contribution in [-0.2, 0) is 0 Å². The summed E-state index contributed by atoms with van der Waals surface area (Å²) in [6, 6.07) is 31.2. The van der Waals surface area contributed by atoms with Crippen molar-refractivity contribution in [3.63, 3.8) is 0 Å². The molecule has 5 aromatic carbocycles. The van der Waals surface area contributed by atoms with Gasteiger partial charge in [-0.2, -0.15) is 0 Å². The first-order valence-corrected chi connectivity index (χ1v) is 13.1. The Morgan fingerprint density at radius 3 is 1.88 bits per heavy atom. The molecule has 3 amide bonds. The highest BCUT2D eigenvalue weighted by molar-refractivity contribution is 6.25. The van der Waals surface area contributed by atoms with Crippen molar-refractivity contribution in [3.05, 3.63) is 149 Å². The number of benzene rings is 5. The van der Waals surface area contributed by atoms with Gasteiger partial charge in [0.1, 0.15) is 5.82 Å². The van der Waals surface area contributed by atoms with Gasteiger partial charge in [-0.05, 0) is 47.9 Å². The number of hydrogen-bond donors (Lipinski definition) is 0. The lowest BCUT2D eigenvalue weighted by atomic mass is 9.94. The van der Waals surface area contributed by atoms with Gasteiger partial charge in [0.15, 0.2) is 5.78 Å². The molecule has 0 aliphatic carbocycles. The summed E-state index contributed by atoms with van der Waals surface area (Å²) in [5, 5.41) is 1.41. The highest BCUT2D eigenvalue weighted by Gasteiger charge is 2.33. The molecule has 1 aliphatic rings. The third-order valence-electron chi connectivity index (χ3n) is 7.20. The van der Waals surface area contributed by atoms with Crippen LogP contribution in [0.4, 0.5) is 10.1 Å². The normalized spacial score (nSPS) is 12.5. The van der Waals surface area contributed by atoms with Gasteiger partial charge in [-0.15, -0.1) is 0 Å². The van der Waals surface area contributed by atoms with Gasteiger partial charge in [-0.3, -0.25) is 24.1 Å². The average Bonchev–Trinajstić information content (AvgIpc) is 3.01. The Morgan fingerprint density at radius 1 is 0.659 bits per heavy atom. The molecule has 0 N–H and O–H groups in total. The maximum atomic E-state index is 14.2. The molecule has 0 spiro atoms. The van der Waals surface area contributed by atoms with E-state index < -0.39 is 23.5 Å². The molecule has 0 unspecified atom stereocenters. The summed E-state index contributed by atoms with van der Waals surface area (Å²) >= 11 is 0. The summed E-state index contributed by atoms with van der Waals surface area (Å²) in [6.45, 7) is -0.169. The van der Waals surface area contributed by atoms with Crippen LogP contribution in [0.15, 0.2) is 115 Å². The zero-order valence-electron chi connectivity index (χ0n) is 21.8. The number of carbonyl (C=O) groups excluding carboxylic acids is 4. The van der Waals surface area contributed by atoms with Crippen LogP contribution in [0.5, 0.6) is 0 Å². The predicted molar refractivity (Wildman–Crippen MR) is 154 cm³/mol. The molecule has 0 aromatic heterocycles. The number of hydrogen-bond acceptors (Lipinski definition) is 4. The van der Waals surface area contributed by atoms with Crippen molar-refractivity contribution in [3.8, 4) is 0 Å². The molecule has 0 bridgehead atoms. The highest BCUT2D eigenvalue weighted by Crippen LogP contribution is 2.30. The quantitative estimate of drug-likeness (QED) is 0.183. The van der Waals surface area contributed by atoms with Gasteiger partial charge in [-0.25, -0.2) is 4.39 Å². The van der Waals surface area contributed by atoms with Crippen LogP contribution >= 0.6 is 0 Å². The van der Waals surface area contributed by atoms with E-state index in [9.17, 15) is 23.6 Å². The molecule has 0 saturated heterocycles. The molecule has 1 aliphatic heterocycles. The molecule has 1 heterocycles. The molecule has 0 atom stereocenters. The topological polar surface area (TPSA) is 74.8 Å². The number of imide groups is 1. The van der Waals surface area contributed by atoms with Crippen LogP contribution in [-0.4, -0.2) is 41.5 Å². The van der Waals surface area contributed by atoms with E-state index >= 15 is 0 Å².